The van der Waals surface area contributed by atoms with Gasteiger partial charge in [-0.2, -0.15) is 10.4 Å². The third kappa shape index (κ3) is 3.36. The van der Waals surface area contributed by atoms with Crippen LogP contribution < -0.4 is 0 Å². The van der Waals surface area contributed by atoms with Gasteiger partial charge in [-0.1, -0.05) is 42.5 Å². The molecule has 3 nitrogen and oxygen atoms in total. The molecule has 1 aromatic heterocycles. The first kappa shape index (κ1) is 16.7. The highest BCUT2D eigenvalue weighted by molar-refractivity contribution is 14.1. The van der Waals surface area contributed by atoms with Crippen LogP contribution in [0.15, 0.2) is 54.6 Å². The Kier molecular flexibility index (Phi) is 5.00. The zero-order valence-electron chi connectivity index (χ0n) is 13.7. The highest BCUT2D eigenvalue weighted by Crippen LogP contribution is 2.30. The zero-order valence-corrected chi connectivity index (χ0v) is 15.9. The molecule has 0 radical (unpaired) electrons. The van der Waals surface area contributed by atoms with E-state index < -0.39 is 0 Å². The molecule has 3 aromatic rings. The van der Waals surface area contributed by atoms with Crippen molar-refractivity contribution >= 4 is 22.6 Å². The number of halogens is 1. The topological polar surface area (TPSA) is 41.6 Å². The van der Waals surface area contributed by atoms with Crippen molar-refractivity contribution in [1.29, 1.82) is 5.26 Å². The number of nitrogens with zero attached hydrogens (tertiary/aromatic N) is 3. The van der Waals surface area contributed by atoms with Crippen LogP contribution in [0.25, 0.3) is 11.3 Å². The minimum absolute atomic E-state index is 0.304. The van der Waals surface area contributed by atoms with Gasteiger partial charge in [0.25, 0.3) is 0 Å². The third-order valence-electron chi connectivity index (χ3n) is 3.94. The summed E-state index contributed by atoms with van der Waals surface area (Å²) in [5, 5.41) is 13.9. The molecule has 0 aliphatic rings. The lowest BCUT2D eigenvalue weighted by atomic mass is 10.0. The summed E-state index contributed by atoms with van der Waals surface area (Å²) in [5.74, 6) is 0. The molecule has 0 unspecified atom stereocenters. The van der Waals surface area contributed by atoms with Crippen LogP contribution in [-0.2, 0) is 6.42 Å². The second kappa shape index (κ2) is 7.18. The Morgan fingerprint density at radius 3 is 2.33 bits per heavy atom. The van der Waals surface area contributed by atoms with Crippen LogP contribution in [0, 0.1) is 15.0 Å². The molecule has 24 heavy (non-hydrogen) atoms. The van der Waals surface area contributed by atoms with E-state index in [1.54, 1.807) is 0 Å². The summed E-state index contributed by atoms with van der Waals surface area (Å²) in [6, 6.07) is 20.6. The normalized spacial score (nSPS) is 10.8. The van der Waals surface area contributed by atoms with Gasteiger partial charge in [-0.05, 0) is 54.1 Å². The SMILES string of the molecule is CC(C)n1nc(-c2ccc(C#N)cc2)c(Cc2ccccc2)c1I. The monoisotopic (exact) mass is 427 g/mol. The summed E-state index contributed by atoms with van der Waals surface area (Å²) >= 11 is 2.39. The molecule has 0 saturated heterocycles. The molecule has 0 spiro atoms. The first-order chi connectivity index (χ1) is 11.6. The average Bonchev–Trinajstić information content (AvgIpc) is 2.93. The number of aromatic nitrogens is 2. The Balaban J connectivity index is 2.09. The number of rotatable bonds is 4. The Morgan fingerprint density at radius 1 is 1.08 bits per heavy atom. The molecule has 0 fully saturated rings. The summed E-state index contributed by atoms with van der Waals surface area (Å²) in [6.45, 7) is 4.29. The first-order valence-electron chi connectivity index (χ1n) is 7.91. The lowest BCUT2D eigenvalue weighted by Crippen LogP contribution is -2.05. The number of hydrogen-bond donors (Lipinski definition) is 0. The Hall–Kier alpha value is -2.13. The van der Waals surface area contributed by atoms with E-state index >= 15 is 0 Å². The third-order valence-corrected chi connectivity index (χ3v) is 5.09. The highest BCUT2D eigenvalue weighted by Gasteiger charge is 2.19. The highest BCUT2D eigenvalue weighted by atomic mass is 127. The molecule has 0 saturated carbocycles. The van der Waals surface area contributed by atoms with Crippen LogP contribution in [-0.4, -0.2) is 9.78 Å². The van der Waals surface area contributed by atoms with Gasteiger partial charge in [-0.15, -0.1) is 0 Å². The molecular weight excluding hydrogens is 409 g/mol. The smallest absolute Gasteiger partial charge is 0.103 e. The predicted octanol–water partition coefficient (Wildman–Crippen LogP) is 5.20. The van der Waals surface area contributed by atoms with E-state index in [-0.39, 0.29) is 0 Å². The quantitative estimate of drug-likeness (QED) is 0.538. The molecule has 0 bridgehead atoms. The molecule has 0 amide bonds. The number of hydrogen-bond acceptors (Lipinski definition) is 2. The Morgan fingerprint density at radius 2 is 1.75 bits per heavy atom. The van der Waals surface area contributed by atoms with E-state index in [0.29, 0.717) is 11.6 Å². The Labute approximate surface area is 156 Å². The van der Waals surface area contributed by atoms with E-state index in [4.69, 9.17) is 10.4 Å². The predicted molar refractivity (Wildman–Crippen MR) is 105 cm³/mol. The fourth-order valence-electron chi connectivity index (χ4n) is 2.68. The van der Waals surface area contributed by atoms with E-state index in [1.807, 2.05) is 30.3 Å². The maximum Gasteiger partial charge on any atom is 0.103 e. The standard InChI is InChI=1S/C20H18IN3/c1-14(2)24-20(21)18(12-15-6-4-3-5-7-15)19(23-24)17-10-8-16(13-22)9-11-17/h3-11,14H,12H2,1-2H3. The minimum Gasteiger partial charge on any atom is -0.256 e. The van der Waals surface area contributed by atoms with E-state index in [9.17, 15) is 0 Å². The number of benzene rings is 2. The Bertz CT molecular complexity index is 872. The first-order valence-corrected chi connectivity index (χ1v) is 8.99. The van der Waals surface area contributed by atoms with Crippen molar-refractivity contribution in [2.75, 3.05) is 0 Å². The van der Waals surface area contributed by atoms with E-state index in [0.717, 1.165) is 17.7 Å². The van der Waals surface area contributed by atoms with Gasteiger partial charge in [0.2, 0.25) is 0 Å². The minimum atomic E-state index is 0.304. The molecule has 120 valence electrons. The van der Waals surface area contributed by atoms with Crippen molar-refractivity contribution in [3.05, 3.63) is 75.0 Å². The van der Waals surface area contributed by atoms with Crippen LogP contribution in [0.1, 0.15) is 36.6 Å². The van der Waals surface area contributed by atoms with Crippen LogP contribution in [0.2, 0.25) is 0 Å². The molecule has 1 heterocycles. The molecule has 3 rings (SSSR count). The molecule has 0 N–H and O–H groups in total. The zero-order chi connectivity index (χ0) is 17.1. The summed E-state index contributed by atoms with van der Waals surface area (Å²) in [4.78, 5) is 0. The van der Waals surface area contributed by atoms with E-state index in [2.05, 4.69) is 71.5 Å². The van der Waals surface area contributed by atoms with Crippen LogP contribution in [0.4, 0.5) is 0 Å². The molecule has 0 aliphatic heterocycles. The van der Waals surface area contributed by atoms with Crippen molar-refractivity contribution < 1.29 is 0 Å². The van der Waals surface area contributed by atoms with Gasteiger partial charge in [0.05, 0.1) is 17.3 Å². The van der Waals surface area contributed by atoms with Gasteiger partial charge in [0, 0.05) is 23.6 Å². The fourth-order valence-corrected chi connectivity index (χ4v) is 3.79. The summed E-state index contributed by atoms with van der Waals surface area (Å²) in [5.41, 5.74) is 5.23. The van der Waals surface area contributed by atoms with Crippen LogP contribution >= 0.6 is 22.6 Å². The van der Waals surface area contributed by atoms with Crippen LogP contribution in [0.3, 0.4) is 0 Å². The summed E-state index contributed by atoms with van der Waals surface area (Å²) in [6.07, 6.45) is 0.848. The van der Waals surface area contributed by atoms with Crippen molar-refractivity contribution in [3.8, 4) is 17.3 Å². The number of nitriles is 1. The summed E-state index contributed by atoms with van der Waals surface area (Å²) in [7, 11) is 0. The van der Waals surface area contributed by atoms with Crippen molar-refractivity contribution in [2.45, 2.75) is 26.3 Å². The lowest BCUT2D eigenvalue weighted by Gasteiger charge is -2.07. The summed E-state index contributed by atoms with van der Waals surface area (Å²) < 4.78 is 3.25. The largest absolute Gasteiger partial charge is 0.256 e. The lowest BCUT2D eigenvalue weighted by molar-refractivity contribution is 0.521. The van der Waals surface area contributed by atoms with Gasteiger partial charge in [0.1, 0.15) is 3.70 Å². The van der Waals surface area contributed by atoms with Crippen molar-refractivity contribution in [2.24, 2.45) is 0 Å². The average molecular weight is 427 g/mol. The van der Waals surface area contributed by atoms with Gasteiger partial charge in [0.15, 0.2) is 0 Å². The molecule has 2 aromatic carbocycles. The van der Waals surface area contributed by atoms with Crippen molar-refractivity contribution in [1.82, 2.24) is 9.78 Å². The van der Waals surface area contributed by atoms with Gasteiger partial charge >= 0.3 is 0 Å². The van der Waals surface area contributed by atoms with Crippen molar-refractivity contribution in [3.63, 3.8) is 0 Å². The van der Waals surface area contributed by atoms with E-state index in [1.165, 1.54) is 14.8 Å². The second-order valence-corrected chi connectivity index (χ2v) is 7.03. The maximum atomic E-state index is 9.00. The van der Waals surface area contributed by atoms with Gasteiger partial charge < -0.3 is 0 Å². The fraction of sp³-hybridized carbons (Fsp3) is 0.200. The molecule has 0 atom stereocenters. The second-order valence-electron chi connectivity index (χ2n) is 6.01. The molecule has 4 heteroatoms. The van der Waals surface area contributed by atoms with Gasteiger partial charge in [-0.3, -0.25) is 4.68 Å². The molecular formula is C20H18IN3. The molecule has 0 aliphatic carbocycles. The maximum absolute atomic E-state index is 9.00. The van der Waals surface area contributed by atoms with Gasteiger partial charge in [-0.25, -0.2) is 0 Å². The van der Waals surface area contributed by atoms with Crippen LogP contribution in [0.5, 0.6) is 0 Å².